The lowest BCUT2D eigenvalue weighted by Gasteiger charge is -2.35. The molecule has 154 valence electrons. The van der Waals surface area contributed by atoms with Gasteiger partial charge in [0, 0.05) is 48.0 Å². The van der Waals surface area contributed by atoms with E-state index < -0.39 is 0 Å². The van der Waals surface area contributed by atoms with Gasteiger partial charge in [0.1, 0.15) is 17.5 Å². The summed E-state index contributed by atoms with van der Waals surface area (Å²) in [4.78, 5) is 26.0. The van der Waals surface area contributed by atoms with Gasteiger partial charge in [-0.3, -0.25) is 4.79 Å². The number of benzene rings is 2. The van der Waals surface area contributed by atoms with E-state index in [0.29, 0.717) is 18.7 Å². The van der Waals surface area contributed by atoms with Gasteiger partial charge in [0.05, 0.1) is 0 Å². The van der Waals surface area contributed by atoms with Gasteiger partial charge < -0.3 is 15.1 Å². The SMILES string of the molecule is Cc1ccc(Nc2cc(N3CCN(C(=O)c4cccc(Br)c4)CC3)nc(C)n2)cc1. The summed E-state index contributed by atoms with van der Waals surface area (Å²) in [7, 11) is 0. The molecule has 2 heterocycles. The number of carbonyl (C=O) groups is 1. The minimum Gasteiger partial charge on any atom is -0.353 e. The Morgan fingerprint density at radius 1 is 0.967 bits per heavy atom. The molecule has 1 saturated heterocycles. The van der Waals surface area contributed by atoms with Crippen LogP contribution in [-0.2, 0) is 0 Å². The standard InChI is InChI=1S/C23H24BrN5O/c1-16-6-8-20(9-7-16)27-21-15-22(26-17(2)25-21)28-10-12-29(13-11-28)23(30)18-4-3-5-19(24)14-18/h3-9,14-15H,10-13H2,1-2H3,(H,25,26,27). The highest BCUT2D eigenvalue weighted by Gasteiger charge is 2.23. The first-order chi connectivity index (χ1) is 14.5. The van der Waals surface area contributed by atoms with E-state index in [4.69, 9.17) is 0 Å². The zero-order valence-corrected chi connectivity index (χ0v) is 18.7. The second kappa shape index (κ2) is 8.83. The van der Waals surface area contributed by atoms with Crippen molar-refractivity contribution in [1.82, 2.24) is 14.9 Å². The van der Waals surface area contributed by atoms with Gasteiger partial charge in [0.15, 0.2) is 0 Å². The Kier molecular flexibility index (Phi) is 5.99. The highest BCUT2D eigenvalue weighted by Crippen LogP contribution is 2.22. The maximum atomic E-state index is 12.8. The average Bonchev–Trinajstić information content (AvgIpc) is 2.74. The van der Waals surface area contributed by atoms with Crippen LogP contribution in [0.5, 0.6) is 0 Å². The van der Waals surface area contributed by atoms with Gasteiger partial charge in [-0.15, -0.1) is 0 Å². The van der Waals surface area contributed by atoms with Gasteiger partial charge in [-0.1, -0.05) is 39.7 Å². The van der Waals surface area contributed by atoms with E-state index >= 15 is 0 Å². The van der Waals surface area contributed by atoms with Gasteiger partial charge >= 0.3 is 0 Å². The van der Waals surface area contributed by atoms with Gasteiger partial charge in [0.25, 0.3) is 5.91 Å². The molecule has 0 radical (unpaired) electrons. The van der Waals surface area contributed by atoms with Crippen LogP contribution < -0.4 is 10.2 Å². The molecule has 1 aliphatic rings. The van der Waals surface area contributed by atoms with Crippen LogP contribution in [0.4, 0.5) is 17.3 Å². The molecule has 0 spiro atoms. The summed E-state index contributed by atoms with van der Waals surface area (Å²) in [5.41, 5.74) is 2.92. The Hall–Kier alpha value is -2.93. The fourth-order valence-corrected chi connectivity index (χ4v) is 3.90. The summed E-state index contributed by atoms with van der Waals surface area (Å²) in [6.07, 6.45) is 0. The van der Waals surface area contributed by atoms with Crippen LogP contribution in [-0.4, -0.2) is 47.0 Å². The zero-order valence-electron chi connectivity index (χ0n) is 17.1. The molecule has 3 aromatic rings. The van der Waals surface area contributed by atoms with Gasteiger partial charge in [-0.25, -0.2) is 9.97 Å². The fraction of sp³-hybridized carbons (Fsp3) is 0.261. The van der Waals surface area contributed by atoms with Gasteiger partial charge in [0.2, 0.25) is 0 Å². The van der Waals surface area contributed by atoms with Crippen molar-refractivity contribution in [3.63, 3.8) is 0 Å². The molecular formula is C23H24BrN5O. The number of halogens is 1. The molecule has 0 atom stereocenters. The van der Waals surface area contributed by atoms with E-state index in [0.717, 1.165) is 40.7 Å². The first-order valence-corrected chi connectivity index (χ1v) is 10.8. The van der Waals surface area contributed by atoms with Crippen molar-refractivity contribution >= 4 is 39.2 Å². The third-order valence-electron chi connectivity index (χ3n) is 5.11. The van der Waals surface area contributed by atoms with E-state index in [2.05, 4.69) is 55.2 Å². The molecule has 0 unspecified atom stereocenters. The Morgan fingerprint density at radius 3 is 2.40 bits per heavy atom. The van der Waals surface area contributed by atoms with Crippen LogP contribution in [0.15, 0.2) is 59.1 Å². The molecule has 2 aromatic carbocycles. The van der Waals surface area contributed by atoms with Gasteiger partial charge in [-0.2, -0.15) is 0 Å². The molecular weight excluding hydrogens is 442 g/mol. The molecule has 1 N–H and O–H groups in total. The molecule has 1 aliphatic heterocycles. The molecule has 0 saturated carbocycles. The minimum absolute atomic E-state index is 0.0662. The number of aromatic nitrogens is 2. The number of nitrogens with one attached hydrogen (secondary N) is 1. The lowest BCUT2D eigenvalue weighted by Crippen LogP contribution is -2.49. The molecule has 1 amide bonds. The Morgan fingerprint density at radius 2 is 1.70 bits per heavy atom. The number of piperazine rings is 1. The molecule has 1 aromatic heterocycles. The summed E-state index contributed by atoms with van der Waals surface area (Å²) in [6.45, 7) is 6.76. The first-order valence-electron chi connectivity index (χ1n) is 9.97. The predicted octanol–water partition coefficient (Wildman–Crippen LogP) is 4.56. The molecule has 4 rings (SSSR count). The van der Waals surface area contributed by atoms with Crippen molar-refractivity contribution in [3.05, 3.63) is 76.0 Å². The number of hydrogen-bond acceptors (Lipinski definition) is 5. The molecule has 1 fully saturated rings. The first kappa shape index (κ1) is 20.3. The monoisotopic (exact) mass is 465 g/mol. The quantitative estimate of drug-likeness (QED) is 0.611. The number of anilines is 3. The van der Waals surface area contributed by atoms with Crippen molar-refractivity contribution in [2.24, 2.45) is 0 Å². The third-order valence-corrected chi connectivity index (χ3v) is 5.60. The Bertz CT molecular complexity index is 1050. The van der Waals surface area contributed by atoms with Crippen LogP contribution >= 0.6 is 15.9 Å². The average molecular weight is 466 g/mol. The van der Waals surface area contributed by atoms with E-state index in [1.807, 2.05) is 54.3 Å². The third kappa shape index (κ3) is 4.79. The lowest BCUT2D eigenvalue weighted by atomic mass is 10.2. The summed E-state index contributed by atoms with van der Waals surface area (Å²) < 4.78 is 0.914. The maximum absolute atomic E-state index is 12.8. The van der Waals surface area contributed by atoms with Crippen molar-refractivity contribution < 1.29 is 4.79 Å². The van der Waals surface area contributed by atoms with Crippen molar-refractivity contribution in [2.45, 2.75) is 13.8 Å². The molecule has 7 heteroatoms. The Labute approximate surface area is 185 Å². The highest BCUT2D eigenvalue weighted by atomic mass is 79.9. The lowest BCUT2D eigenvalue weighted by molar-refractivity contribution is 0.0746. The summed E-state index contributed by atoms with van der Waals surface area (Å²) >= 11 is 3.44. The number of carbonyl (C=O) groups excluding carboxylic acids is 1. The number of hydrogen-bond donors (Lipinski definition) is 1. The maximum Gasteiger partial charge on any atom is 0.254 e. The van der Waals surface area contributed by atoms with E-state index in [9.17, 15) is 4.79 Å². The fourth-order valence-electron chi connectivity index (χ4n) is 3.51. The number of amides is 1. The second-order valence-electron chi connectivity index (χ2n) is 7.44. The topological polar surface area (TPSA) is 61.4 Å². The van der Waals surface area contributed by atoms with Crippen molar-refractivity contribution in [2.75, 3.05) is 36.4 Å². The van der Waals surface area contributed by atoms with Crippen LogP contribution in [0.1, 0.15) is 21.7 Å². The highest BCUT2D eigenvalue weighted by molar-refractivity contribution is 9.10. The van der Waals surface area contributed by atoms with Crippen molar-refractivity contribution in [3.8, 4) is 0 Å². The van der Waals surface area contributed by atoms with E-state index in [1.165, 1.54) is 5.56 Å². The Balaban J connectivity index is 1.43. The smallest absolute Gasteiger partial charge is 0.254 e. The number of rotatable bonds is 4. The largest absolute Gasteiger partial charge is 0.353 e. The normalized spacial score (nSPS) is 14.0. The number of nitrogens with zero attached hydrogens (tertiary/aromatic N) is 4. The van der Waals surface area contributed by atoms with Crippen LogP contribution in [0.2, 0.25) is 0 Å². The zero-order chi connectivity index (χ0) is 21.1. The van der Waals surface area contributed by atoms with Crippen molar-refractivity contribution in [1.29, 1.82) is 0 Å². The minimum atomic E-state index is 0.0662. The van der Waals surface area contributed by atoms with Crippen LogP contribution in [0.3, 0.4) is 0 Å². The molecule has 30 heavy (non-hydrogen) atoms. The second-order valence-corrected chi connectivity index (χ2v) is 8.35. The summed E-state index contributed by atoms with van der Waals surface area (Å²) in [5, 5.41) is 3.36. The van der Waals surface area contributed by atoms with Gasteiger partial charge in [-0.05, 0) is 44.2 Å². The van der Waals surface area contributed by atoms with E-state index in [-0.39, 0.29) is 5.91 Å². The number of aryl methyl sites for hydroxylation is 2. The molecule has 0 bridgehead atoms. The summed E-state index contributed by atoms with van der Waals surface area (Å²) in [5.74, 6) is 2.44. The van der Waals surface area contributed by atoms with E-state index in [1.54, 1.807) is 0 Å². The van der Waals surface area contributed by atoms with Crippen LogP contribution in [0.25, 0.3) is 0 Å². The predicted molar refractivity (Wildman–Crippen MR) is 123 cm³/mol. The van der Waals surface area contributed by atoms with Crippen LogP contribution in [0, 0.1) is 13.8 Å². The summed E-state index contributed by atoms with van der Waals surface area (Å²) in [6, 6.07) is 17.7. The molecule has 0 aliphatic carbocycles. The molecule has 6 nitrogen and oxygen atoms in total.